The molecule has 0 radical (unpaired) electrons. The van der Waals surface area contributed by atoms with Gasteiger partial charge in [0.25, 0.3) is 5.91 Å². The Balaban J connectivity index is 1.93. The topological polar surface area (TPSA) is 58.6 Å². The molecule has 0 aromatic heterocycles. The van der Waals surface area contributed by atoms with E-state index in [1.165, 1.54) is 4.90 Å². The zero-order valence-corrected chi connectivity index (χ0v) is 12.1. The maximum absolute atomic E-state index is 11.9. The van der Waals surface area contributed by atoms with Gasteiger partial charge in [-0.2, -0.15) is 0 Å². The monoisotopic (exact) mass is 276 g/mol. The fraction of sp³-hybridized carbons (Fsp3) is 0.467. The molecule has 1 unspecified atom stereocenters. The Labute approximate surface area is 118 Å². The highest BCUT2D eigenvalue weighted by Gasteiger charge is 2.47. The van der Waals surface area contributed by atoms with E-state index < -0.39 is 5.54 Å². The van der Waals surface area contributed by atoms with Crippen LogP contribution >= 0.6 is 0 Å². The number of nitrogens with zero attached hydrogens (tertiary/aromatic N) is 1. The molecule has 1 aliphatic rings. The number of urea groups is 1. The van der Waals surface area contributed by atoms with Gasteiger partial charge in [-0.15, -0.1) is 0 Å². The Kier molecular flexibility index (Phi) is 4.09. The van der Waals surface area contributed by atoms with Crippen LogP contribution in [-0.4, -0.2) is 35.5 Å². The van der Waals surface area contributed by atoms with E-state index in [4.69, 9.17) is 4.74 Å². The number of likely N-dealkylation sites (N-methyl/N-ethyl adjacent to an activating group) is 1. The Morgan fingerprint density at radius 1 is 1.30 bits per heavy atom. The molecule has 1 aromatic carbocycles. The molecule has 5 heteroatoms. The van der Waals surface area contributed by atoms with E-state index in [1.807, 2.05) is 37.3 Å². The third-order valence-electron chi connectivity index (χ3n) is 3.82. The van der Waals surface area contributed by atoms with Gasteiger partial charge in [-0.25, -0.2) is 4.79 Å². The van der Waals surface area contributed by atoms with Gasteiger partial charge in [0, 0.05) is 13.5 Å². The van der Waals surface area contributed by atoms with E-state index in [2.05, 4.69) is 5.32 Å². The summed E-state index contributed by atoms with van der Waals surface area (Å²) in [6, 6.07) is 9.51. The van der Waals surface area contributed by atoms with Crippen molar-refractivity contribution in [2.75, 3.05) is 7.05 Å². The first-order valence-electron chi connectivity index (χ1n) is 6.68. The molecular formula is C15H20N2O3. The lowest BCUT2D eigenvalue weighted by Gasteiger charge is -2.31. The second kappa shape index (κ2) is 5.63. The number of ether oxygens (including phenoxy) is 1. The molecule has 20 heavy (non-hydrogen) atoms. The van der Waals surface area contributed by atoms with Gasteiger partial charge in [0.15, 0.2) is 0 Å². The van der Waals surface area contributed by atoms with Crippen LogP contribution in [0.25, 0.3) is 0 Å². The van der Waals surface area contributed by atoms with Crippen molar-refractivity contribution in [2.45, 2.75) is 38.5 Å². The summed E-state index contributed by atoms with van der Waals surface area (Å²) in [5.74, 6) is -0.264. The average Bonchev–Trinajstić information content (AvgIpc) is 2.62. The summed E-state index contributed by atoms with van der Waals surface area (Å²) >= 11 is 0. The van der Waals surface area contributed by atoms with Crippen LogP contribution in [0.1, 0.15) is 25.8 Å². The van der Waals surface area contributed by atoms with Crippen molar-refractivity contribution >= 4 is 11.9 Å². The van der Waals surface area contributed by atoms with Gasteiger partial charge < -0.3 is 9.64 Å². The van der Waals surface area contributed by atoms with Gasteiger partial charge in [0.05, 0.1) is 12.7 Å². The van der Waals surface area contributed by atoms with E-state index in [0.717, 1.165) is 5.56 Å². The third kappa shape index (κ3) is 2.82. The van der Waals surface area contributed by atoms with E-state index in [1.54, 1.807) is 14.0 Å². The molecule has 1 N–H and O–H groups in total. The molecule has 1 heterocycles. The van der Waals surface area contributed by atoms with Crippen molar-refractivity contribution in [2.24, 2.45) is 0 Å². The number of hydrogen-bond acceptors (Lipinski definition) is 3. The van der Waals surface area contributed by atoms with E-state index in [0.29, 0.717) is 13.0 Å². The second-order valence-electron chi connectivity index (χ2n) is 5.40. The summed E-state index contributed by atoms with van der Waals surface area (Å²) in [7, 11) is 1.63. The highest BCUT2D eigenvalue weighted by molar-refractivity contribution is 6.06. The first kappa shape index (κ1) is 14.5. The normalized spacial score (nSPS) is 23.9. The van der Waals surface area contributed by atoms with Crippen molar-refractivity contribution in [3.63, 3.8) is 0 Å². The standard InChI is InChI=1S/C15H20N2O3/c1-11(20-10-12-7-5-4-6-8-12)9-15(2)13(18)16-14(19)17(15)3/h4-8,11H,9-10H2,1-3H3,(H,16,18,19)/t11?,15-/m0/s1. The lowest BCUT2D eigenvalue weighted by Crippen LogP contribution is -2.47. The van der Waals surface area contributed by atoms with Gasteiger partial charge in [0.1, 0.15) is 5.54 Å². The molecule has 108 valence electrons. The number of carbonyl (C=O) groups excluding carboxylic acids is 2. The summed E-state index contributed by atoms with van der Waals surface area (Å²) in [5, 5.41) is 2.33. The molecule has 0 spiro atoms. The summed E-state index contributed by atoms with van der Waals surface area (Å²) < 4.78 is 5.77. The molecule has 0 saturated carbocycles. The maximum atomic E-state index is 11.9. The molecule has 5 nitrogen and oxygen atoms in total. The van der Waals surface area contributed by atoms with Gasteiger partial charge >= 0.3 is 6.03 Å². The smallest absolute Gasteiger partial charge is 0.324 e. The Hall–Kier alpha value is -1.88. The van der Waals surface area contributed by atoms with Gasteiger partial charge in [-0.1, -0.05) is 30.3 Å². The van der Waals surface area contributed by atoms with Gasteiger partial charge in [-0.3, -0.25) is 10.1 Å². The van der Waals surface area contributed by atoms with Crippen LogP contribution in [-0.2, 0) is 16.1 Å². The maximum Gasteiger partial charge on any atom is 0.324 e. The largest absolute Gasteiger partial charge is 0.374 e. The molecule has 1 saturated heterocycles. The summed E-state index contributed by atoms with van der Waals surface area (Å²) in [6.07, 6.45) is 0.341. The minimum absolute atomic E-state index is 0.126. The summed E-state index contributed by atoms with van der Waals surface area (Å²) in [4.78, 5) is 24.9. The van der Waals surface area contributed by atoms with Crippen molar-refractivity contribution < 1.29 is 14.3 Å². The van der Waals surface area contributed by atoms with Crippen LogP contribution in [0.4, 0.5) is 4.79 Å². The Bertz CT molecular complexity index is 503. The van der Waals surface area contributed by atoms with Crippen LogP contribution in [0.5, 0.6) is 0 Å². The number of amides is 3. The molecule has 1 aromatic rings. The number of imide groups is 1. The van der Waals surface area contributed by atoms with Gasteiger partial charge in [-0.05, 0) is 19.4 Å². The van der Waals surface area contributed by atoms with Crippen molar-refractivity contribution in [1.82, 2.24) is 10.2 Å². The predicted molar refractivity (Wildman–Crippen MR) is 75.0 cm³/mol. The molecule has 2 atom stereocenters. The van der Waals surface area contributed by atoms with Crippen LogP contribution in [0, 0.1) is 0 Å². The quantitative estimate of drug-likeness (QED) is 0.836. The molecule has 0 aliphatic carbocycles. The van der Waals surface area contributed by atoms with Crippen LogP contribution in [0.2, 0.25) is 0 Å². The second-order valence-corrected chi connectivity index (χ2v) is 5.40. The minimum Gasteiger partial charge on any atom is -0.374 e. The summed E-state index contributed by atoms with van der Waals surface area (Å²) in [5.41, 5.74) is 0.248. The molecule has 1 aliphatic heterocycles. The number of nitrogens with one attached hydrogen (secondary N) is 1. The van der Waals surface area contributed by atoms with Crippen LogP contribution < -0.4 is 5.32 Å². The van der Waals surface area contributed by atoms with E-state index in [-0.39, 0.29) is 18.0 Å². The van der Waals surface area contributed by atoms with Crippen molar-refractivity contribution in [1.29, 1.82) is 0 Å². The number of rotatable bonds is 5. The molecule has 2 rings (SSSR count). The Morgan fingerprint density at radius 2 is 1.95 bits per heavy atom. The molecule has 0 bridgehead atoms. The Morgan fingerprint density at radius 3 is 2.50 bits per heavy atom. The molecular weight excluding hydrogens is 256 g/mol. The predicted octanol–water partition coefficient (Wildman–Crippen LogP) is 1.92. The SMILES string of the molecule is CC(C[C@@]1(C)C(=O)NC(=O)N1C)OCc1ccccc1. The molecule has 3 amide bonds. The van der Waals surface area contributed by atoms with Crippen molar-refractivity contribution in [3.8, 4) is 0 Å². The fourth-order valence-electron chi connectivity index (χ4n) is 2.35. The molecule has 1 fully saturated rings. The van der Waals surface area contributed by atoms with E-state index >= 15 is 0 Å². The van der Waals surface area contributed by atoms with Crippen LogP contribution in [0.15, 0.2) is 30.3 Å². The van der Waals surface area contributed by atoms with Crippen molar-refractivity contribution in [3.05, 3.63) is 35.9 Å². The average molecular weight is 276 g/mol. The zero-order chi connectivity index (χ0) is 14.8. The number of hydrogen-bond donors (Lipinski definition) is 1. The van der Waals surface area contributed by atoms with E-state index in [9.17, 15) is 9.59 Å². The highest BCUT2D eigenvalue weighted by atomic mass is 16.5. The van der Waals surface area contributed by atoms with Crippen LogP contribution in [0.3, 0.4) is 0 Å². The minimum atomic E-state index is -0.840. The highest BCUT2D eigenvalue weighted by Crippen LogP contribution is 2.26. The first-order chi connectivity index (χ1) is 9.43. The summed E-state index contributed by atoms with van der Waals surface area (Å²) in [6.45, 7) is 4.17. The lowest BCUT2D eigenvalue weighted by molar-refractivity contribution is -0.127. The zero-order valence-electron chi connectivity index (χ0n) is 12.1. The first-order valence-corrected chi connectivity index (χ1v) is 6.68. The number of carbonyl (C=O) groups is 2. The number of benzene rings is 1. The van der Waals surface area contributed by atoms with Gasteiger partial charge in [0.2, 0.25) is 0 Å². The third-order valence-corrected chi connectivity index (χ3v) is 3.82. The fourth-order valence-corrected chi connectivity index (χ4v) is 2.35. The lowest BCUT2D eigenvalue weighted by atomic mass is 9.94.